The summed E-state index contributed by atoms with van der Waals surface area (Å²) in [7, 11) is 0. The molecule has 0 aliphatic rings. The van der Waals surface area contributed by atoms with Crippen LogP contribution in [0.1, 0.15) is 16.7 Å². The summed E-state index contributed by atoms with van der Waals surface area (Å²) in [5, 5.41) is 12.6. The van der Waals surface area contributed by atoms with Crippen LogP contribution in [0.25, 0.3) is 11.6 Å². The fraction of sp³-hybridized carbons (Fsp3) is 0.0714. The lowest BCUT2D eigenvalue weighted by molar-refractivity contribution is -0.137. The molecule has 1 N–H and O–H groups in total. The van der Waals surface area contributed by atoms with Crippen LogP contribution in [0.5, 0.6) is 0 Å². The molecule has 0 aliphatic carbocycles. The lowest BCUT2D eigenvalue weighted by Crippen LogP contribution is -2.04. The second-order valence-electron chi connectivity index (χ2n) is 3.99. The molecule has 6 heteroatoms. The van der Waals surface area contributed by atoms with E-state index < -0.39 is 17.7 Å². The van der Waals surface area contributed by atoms with Crippen LogP contribution < -0.4 is 0 Å². The number of hydrogen-bond donors (Lipinski definition) is 1. The Balaban J connectivity index is 2.35. The van der Waals surface area contributed by atoms with E-state index >= 15 is 0 Å². The van der Waals surface area contributed by atoms with Crippen LogP contribution in [-0.4, -0.2) is 11.1 Å². The molecule has 0 bridgehead atoms. The third kappa shape index (κ3) is 3.27. The van der Waals surface area contributed by atoms with Crippen LogP contribution in [0.15, 0.2) is 41.1 Å². The number of hydrogen-bond acceptors (Lipinski definition) is 2. The second-order valence-corrected chi connectivity index (χ2v) is 4.77. The predicted molar refractivity (Wildman–Crippen MR) is 71.3 cm³/mol. The number of aliphatic carboxylic acids is 1. The lowest BCUT2D eigenvalue weighted by atomic mass is 10.0. The highest BCUT2D eigenvalue weighted by atomic mass is 32.1. The third-order valence-electron chi connectivity index (χ3n) is 2.61. The van der Waals surface area contributed by atoms with Crippen molar-refractivity contribution in [2.45, 2.75) is 6.18 Å². The van der Waals surface area contributed by atoms with Crippen molar-refractivity contribution in [1.82, 2.24) is 0 Å². The van der Waals surface area contributed by atoms with Crippen LogP contribution >= 0.6 is 11.3 Å². The van der Waals surface area contributed by atoms with Gasteiger partial charge in [-0.15, -0.1) is 0 Å². The van der Waals surface area contributed by atoms with Crippen molar-refractivity contribution in [3.05, 3.63) is 57.8 Å². The molecule has 0 atom stereocenters. The Labute approximate surface area is 116 Å². The standard InChI is InChI=1S/C14H9F3O2S/c15-14(16,17)11-3-1-9(2-4-11)7-12(13(18)19)10-5-6-20-8-10/h1-8H,(H,18,19)/b12-7+. The van der Waals surface area contributed by atoms with Crippen molar-refractivity contribution in [3.63, 3.8) is 0 Å². The van der Waals surface area contributed by atoms with E-state index in [-0.39, 0.29) is 5.57 Å². The molecule has 0 aliphatic heterocycles. The fourth-order valence-electron chi connectivity index (χ4n) is 1.62. The highest BCUT2D eigenvalue weighted by Gasteiger charge is 2.29. The van der Waals surface area contributed by atoms with Gasteiger partial charge in [0.1, 0.15) is 0 Å². The minimum atomic E-state index is -4.40. The average molecular weight is 298 g/mol. The number of benzene rings is 1. The molecule has 0 amide bonds. The second kappa shape index (κ2) is 5.50. The molecule has 0 saturated carbocycles. The smallest absolute Gasteiger partial charge is 0.416 e. The first-order chi connectivity index (χ1) is 9.38. The van der Waals surface area contributed by atoms with Crippen molar-refractivity contribution in [2.24, 2.45) is 0 Å². The number of carboxylic acids is 1. The van der Waals surface area contributed by atoms with E-state index in [1.807, 2.05) is 0 Å². The summed E-state index contributed by atoms with van der Waals surface area (Å²) in [5.41, 5.74) is 0.220. The van der Waals surface area contributed by atoms with E-state index in [2.05, 4.69) is 0 Å². The molecule has 0 saturated heterocycles. The summed E-state index contributed by atoms with van der Waals surface area (Å²) in [6.07, 6.45) is -3.05. The van der Waals surface area contributed by atoms with E-state index in [0.29, 0.717) is 11.1 Å². The monoisotopic (exact) mass is 298 g/mol. The highest BCUT2D eigenvalue weighted by Crippen LogP contribution is 2.29. The van der Waals surface area contributed by atoms with Gasteiger partial charge in [0.05, 0.1) is 11.1 Å². The molecule has 1 heterocycles. The van der Waals surface area contributed by atoms with Crippen LogP contribution in [-0.2, 0) is 11.0 Å². The van der Waals surface area contributed by atoms with Crippen molar-refractivity contribution in [1.29, 1.82) is 0 Å². The summed E-state index contributed by atoms with van der Waals surface area (Å²) < 4.78 is 37.3. The minimum Gasteiger partial charge on any atom is -0.478 e. The zero-order valence-corrected chi connectivity index (χ0v) is 10.8. The number of carbonyl (C=O) groups is 1. The Hall–Kier alpha value is -2.08. The van der Waals surface area contributed by atoms with E-state index in [1.54, 1.807) is 16.8 Å². The zero-order valence-electron chi connectivity index (χ0n) is 10.0. The quantitative estimate of drug-likeness (QED) is 0.853. The molecule has 1 aromatic carbocycles. The summed E-state index contributed by atoms with van der Waals surface area (Å²) >= 11 is 1.35. The van der Waals surface area contributed by atoms with Gasteiger partial charge in [-0.2, -0.15) is 24.5 Å². The van der Waals surface area contributed by atoms with E-state index in [4.69, 9.17) is 5.11 Å². The number of alkyl halides is 3. The molecule has 2 nitrogen and oxygen atoms in total. The van der Waals surface area contributed by atoms with Gasteiger partial charge in [-0.25, -0.2) is 4.79 Å². The number of carboxylic acid groups (broad SMARTS) is 1. The molecule has 1 aromatic heterocycles. The predicted octanol–water partition coefficient (Wildman–Crippen LogP) is 4.39. The average Bonchev–Trinajstić information content (AvgIpc) is 2.88. The minimum absolute atomic E-state index is 0.0472. The van der Waals surface area contributed by atoms with Gasteiger partial charge in [-0.1, -0.05) is 12.1 Å². The normalized spacial score (nSPS) is 12.4. The Morgan fingerprint density at radius 1 is 1.15 bits per heavy atom. The number of rotatable bonds is 3. The van der Waals surface area contributed by atoms with E-state index in [9.17, 15) is 18.0 Å². The fourth-order valence-corrected chi connectivity index (χ4v) is 2.28. The Bertz CT molecular complexity index is 625. The Morgan fingerprint density at radius 2 is 1.80 bits per heavy atom. The van der Waals surface area contributed by atoms with Gasteiger partial charge in [-0.05, 0) is 46.2 Å². The Kier molecular flexibility index (Phi) is 3.94. The Morgan fingerprint density at radius 3 is 2.25 bits per heavy atom. The maximum atomic E-state index is 12.4. The van der Waals surface area contributed by atoms with Crippen molar-refractivity contribution < 1.29 is 23.1 Å². The molecule has 0 fully saturated rings. The number of halogens is 3. The van der Waals surface area contributed by atoms with Gasteiger partial charge in [-0.3, -0.25) is 0 Å². The summed E-state index contributed by atoms with van der Waals surface area (Å²) in [6, 6.07) is 6.00. The largest absolute Gasteiger partial charge is 0.478 e. The van der Waals surface area contributed by atoms with E-state index in [0.717, 1.165) is 12.1 Å². The molecule has 2 rings (SSSR count). The van der Waals surface area contributed by atoms with E-state index in [1.165, 1.54) is 29.5 Å². The molecular formula is C14H9F3O2S. The molecule has 0 spiro atoms. The molecular weight excluding hydrogens is 289 g/mol. The molecule has 2 aromatic rings. The zero-order chi connectivity index (χ0) is 14.8. The molecule has 0 unspecified atom stereocenters. The summed E-state index contributed by atoms with van der Waals surface area (Å²) in [5.74, 6) is -1.12. The van der Waals surface area contributed by atoms with Gasteiger partial charge < -0.3 is 5.11 Å². The maximum Gasteiger partial charge on any atom is 0.416 e. The van der Waals surface area contributed by atoms with Gasteiger partial charge in [0.25, 0.3) is 0 Å². The van der Waals surface area contributed by atoms with Crippen LogP contribution in [0, 0.1) is 0 Å². The first-order valence-electron chi connectivity index (χ1n) is 5.53. The van der Waals surface area contributed by atoms with Gasteiger partial charge >= 0.3 is 12.1 Å². The molecule has 104 valence electrons. The van der Waals surface area contributed by atoms with Crippen LogP contribution in [0.4, 0.5) is 13.2 Å². The van der Waals surface area contributed by atoms with Crippen molar-refractivity contribution in [3.8, 4) is 0 Å². The molecule has 0 radical (unpaired) electrons. The maximum absolute atomic E-state index is 12.4. The first kappa shape index (κ1) is 14.3. The third-order valence-corrected chi connectivity index (χ3v) is 3.29. The van der Waals surface area contributed by atoms with Gasteiger partial charge in [0.2, 0.25) is 0 Å². The topological polar surface area (TPSA) is 37.3 Å². The first-order valence-corrected chi connectivity index (χ1v) is 6.47. The highest BCUT2D eigenvalue weighted by molar-refractivity contribution is 7.08. The SMILES string of the molecule is O=C(O)/C(=C/c1ccc(C(F)(F)F)cc1)c1ccsc1. The van der Waals surface area contributed by atoms with Crippen molar-refractivity contribution >= 4 is 29.0 Å². The van der Waals surface area contributed by atoms with Crippen LogP contribution in [0.2, 0.25) is 0 Å². The lowest BCUT2D eigenvalue weighted by Gasteiger charge is -2.06. The number of thiophene rings is 1. The van der Waals surface area contributed by atoms with Gasteiger partial charge in [0.15, 0.2) is 0 Å². The van der Waals surface area contributed by atoms with Crippen molar-refractivity contribution in [2.75, 3.05) is 0 Å². The molecule has 20 heavy (non-hydrogen) atoms. The summed E-state index contributed by atoms with van der Waals surface area (Å²) in [6.45, 7) is 0. The summed E-state index contributed by atoms with van der Waals surface area (Å²) in [4.78, 5) is 11.2. The van der Waals surface area contributed by atoms with Crippen LogP contribution in [0.3, 0.4) is 0 Å². The van der Waals surface area contributed by atoms with Gasteiger partial charge in [0, 0.05) is 0 Å².